The number of amides is 1. The van der Waals surface area contributed by atoms with E-state index in [1.807, 2.05) is 0 Å². The van der Waals surface area contributed by atoms with E-state index >= 15 is 0 Å². The van der Waals surface area contributed by atoms with Crippen molar-refractivity contribution in [2.75, 3.05) is 13.1 Å². The number of hydrogen-bond donors (Lipinski definition) is 2. The van der Waals surface area contributed by atoms with Crippen LogP contribution in [0.3, 0.4) is 0 Å². The van der Waals surface area contributed by atoms with Crippen LogP contribution in [0.2, 0.25) is 0 Å². The van der Waals surface area contributed by atoms with Gasteiger partial charge in [0.15, 0.2) is 11.4 Å². The van der Waals surface area contributed by atoms with Gasteiger partial charge in [0.1, 0.15) is 11.5 Å². The molecular formula is C15H16ClF4N5O. The highest BCUT2D eigenvalue weighted by atomic mass is 35.5. The first-order valence-corrected chi connectivity index (χ1v) is 7.67. The fraction of sp³-hybridized carbons (Fsp3) is 0.400. The predicted octanol–water partition coefficient (Wildman–Crippen LogP) is 2.33. The maximum Gasteiger partial charge on any atom is 0.435 e. The van der Waals surface area contributed by atoms with Gasteiger partial charge in [0, 0.05) is 12.6 Å². The molecule has 0 spiro atoms. The molecule has 1 amide bonds. The Kier molecular flexibility index (Phi) is 6.19. The second kappa shape index (κ2) is 8.00. The third kappa shape index (κ3) is 4.13. The fourth-order valence-electron chi connectivity index (χ4n) is 2.71. The quantitative estimate of drug-likeness (QED) is 0.785. The van der Waals surface area contributed by atoms with Gasteiger partial charge in [0.05, 0.1) is 0 Å². The smallest absolute Gasteiger partial charge is 0.347 e. The lowest BCUT2D eigenvalue weighted by atomic mass is 10.1. The second-order valence-corrected chi connectivity index (χ2v) is 5.66. The zero-order valence-corrected chi connectivity index (χ0v) is 14.2. The summed E-state index contributed by atoms with van der Waals surface area (Å²) >= 11 is 0. The summed E-state index contributed by atoms with van der Waals surface area (Å²) in [7, 11) is 0. The van der Waals surface area contributed by atoms with E-state index in [9.17, 15) is 22.4 Å². The van der Waals surface area contributed by atoms with E-state index < -0.39 is 35.0 Å². The molecule has 1 atom stereocenters. The zero-order valence-electron chi connectivity index (χ0n) is 13.4. The molecule has 2 heterocycles. The van der Waals surface area contributed by atoms with Crippen LogP contribution in [0.5, 0.6) is 0 Å². The van der Waals surface area contributed by atoms with Crippen LogP contribution < -0.4 is 10.6 Å². The van der Waals surface area contributed by atoms with Crippen LogP contribution in [0, 0.1) is 5.82 Å². The molecule has 1 saturated heterocycles. The Balaban J connectivity index is 0.00000243. The fourth-order valence-corrected chi connectivity index (χ4v) is 2.71. The largest absolute Gasteiger partial charge is 0.435 e. The molecule has 3 rings (SSSR count). The second-order valence-electron chi connectivity index (χ2n) is 5.66. The summed E-state index contributed by atoms with van der Waals surface area (Å²) in [6.45, 7) is 1.26. The van der Waals surface area contributed by atoms with Gasteiger partial charge in [-0.3, -0.25) is 4.79 Å². The van der Waals surface area contributed by atoms with Gasteiger partial charge >= 0.3 is 6.18 Å². The molecule has 6 nitrogen and oxygen atoms in total. The first-order chi connectivity index (χ1) is 11.9. The monoisotopic (exact) mass is 393 g/mol. The highest BCUT2D eigenvalue weighted by Gasteiger charge is 2.42. The number of rotatable bonds is 3. The Morgan fingerprint density at radius 1 is 1.31 bits per heavy atom. The molecule has 11 heteroatoms. The molecular weight excluding hydrogens is 378 g/mol. The zero-order chi connectivity index (χ0) is 18.0. The SMILES string of the molecule is Cl.O=C(NC1CCCNC1)c1nnn(-c2ccccc2F)c1C(F)(F)F. The number of carbonyl (C=O) groups excluding carboxylic acids is 1. The van der Waals surface area contributed by atoms with Gasteiger partial charge in [-0.2, -0.15) is 13.2 Å². The lowest BCUT2D eigenvalue weighted by Crippen LogP contribution is -2.46. The Bertz CT molecular complexity index is 774. The lowest BCUT2D eigenvalue weighted by Gasteiger charge is -2.23. The number of carbonyl (C=O) groups is 1. The number of halogens is 5. The minimum Gasteiger partial charge on any atom is -0.347 e. The standard InChI is InChI=1S/C15H15F4N5O.ClH/c16-10-5-1-2-6-11(10)24-13(15(17,18)19)12(22-23-24)14(25)21-9-4-3-7-20-8-9;/h1-2,5-6,9,20H,3-4,7-8H2,(H,21,25);1H. The van der Waals surface area contributed by atoms with Crippen molar-refractivity contribution in [2.45, 2.75) is 25.1 Å². The van der Waals surface area contributed by atoms with Crippen LogP contribution in [0.15, 0.2) is 24.3 Å². The number of para-hydroxylation sites is 1. The number of aromatic nitrogens is 3. The molecule has 1 aromatic carbocycles. The van der Waals surface area contributed by atoms with Crippen molar-refractivity contribution in [3.8, 4) is 5.69 Å². The number of alkyl halides is 3. The van der Waals surface area contributed by atoms with Gasteiger partial charge in [-0.15, -0.1) is 17.5 Å². The summed E-state index contributed by atoms with van der Waals surface area (Å²) in [5, 5.41) is 12.3. The minimum absolute atomic E-state index is 0. The molecule has 1 fully saturated rings. The van der Waals surface area contributed by atoms with Crippen molar-refractivity contribution in [3.05, 3.63) is 41.5 Å². The van der Waals surface area contributed by atoms with Crippen LogP contribution in [0.25, 0.3) is 5.69 Å². The van der Waals surface area contributed by atoms with Gasteiger partial charge in [-0.25, -0.2) is 9.07 Å². The predicted molar refractivity (Wildman–Crippen MR) is 86.9 cm³/mol. The van der Waals surface area contributed by atoms with Gasteiger partial charge in [-0.05, 0) is 31.5 Å². The molecule has 2 aromatic rings. The van der Waals surface area contributed by atoms with Crippen LogP contribution in [-0.2, 0) is 6.18 Å². The highest BCUT2D eigenvalue weighted by Crippen LogP contribution is 2.33. The molecule has 0 radical (unpaired) electrons. The minimum atomic E-state index is -4.93. The molecule has 0 bridgehead atoms. The topological polar surface area (TPSA) is 71.8 Å². The molecule has 0 aliphatic carbocycles. The summed E-state index contributed by atoms with van der Waals surface area (Å²) in [5.41, 5.74) is -2.71. The van der Waals surface area contributed by atoms with Gasteiger partial charge in [0.25, 0.3) is 5.91 Å². The summed E-state index contributed by atoms with van der Waals surface area (Å²) in [5.74, 6) is -1.88. The normalized spacial score (nSPS) is 17.5. The Labute approximate surface area is 152 Å². The Morgan fingerprint density at radius 3 is 2.65 bits per heavy atom. The van der Waals surface area contributed by atoms with Crippen LogP contribution in [0.1, 0.15) is 29.0 Å². The van der Waals surface area contributed by atoms with Gasteiger partial charge in [0.2, 0.25) is 0 Å². The first-order valence-electron chi connectivity index (χ1n) is 7.67. The summed E-state index contributed by atoms with van der Waals surface area (Å²) in [4.78, 5) is 12.3. The van der Waals surface area contributed by atoms with E-state index in [0.717, 1.165) is 25.1 Å². The molecule has 1 unspecified atom stereocenters. The van der Waals surface area contributed by atoms with E-state index in [4.69, 9.17) is 0 Å². The first kappa shape index (κ1) is 20.1. The van der Waals surface area contributed by atoms with Crippen molar-refractivity contribution in [1.82, 2.24) is 25.6 Å². The van der Waals surface area contributed by atoms with Crippen LogP contribution in [0.4, 0.5) is 17.6 Å². The molecule has 26 heavy (non-hydrogen) atoms. The van der Waals surface area contributed by atoms with E-state index in [2.05, 4.69) is 20.9 Å². The highest BCUT2D eigenvalue weighted by molar-refractivity contribution is 5.93. The van der Waals surface area contributed by atoms with Gasteiger partial charge in [-0.1, -0.05) is 17.3 Å². The Morgan fingerprint density at radius 2 is 2.04 bits per heavy atom. The number of hydrogen-bond acceptors (Lipinski definition) is 4. The van der Waals surface area contributed by atoms with Crippen molar-refractivity contribution in [1.29, 1.82) is 0 Å². The number of nitrogens with zero attached hydrogens (tertiary/aromatic N) is 3. The Hall–Kier alpha value is -2.20. The lowest BCUT2D eigenvalue weighted by molar-refractivity contribution is -0.143. The number of benzene rings is 1. The van der Waals surface area contributed by atoms with Crippen molar-refractivity contribution in [3.63, 3.8) is 0 Å². The maximum atomic E-state index is 13.9. The van der Waals surface area contributed by atoms with Crippen LogP contribution >= 0.6 is 12.4 Å². The molecule has 1 aromatic heterocycles. The molecule has 2 N–H and O–H groups in total. The molecule has 0 saturated carbocycles. The summed E-state index contributed by atoms with van der Waals surface area (Å²) < 4.78 is 54.6. The van der Waals surface area contributed by atoms with Crippen molar-refractivity contribution in [2.24, 2.45) is 0 Å². The third-order valence-corrected chi connectivity index (χ3v) is 3.87. The van der Waals surface area contributed by atoms with Gasteiger partial charge < -0.3 is 10.6 Å². The molecule has 1 aliphatic heterocycles. The van der Waals surface area contributed by atoms with Crippen molar-refractivity contribution >= 4 is 18.3 Å². The number of nitrogens with one attached hydrogen (secondary N) is 2. The average Bonchev–Trinajstić information content (AvgIpc) is 3.01. The maximum absolute atomic E-state index is 13.9. The molecule has 1 aliphatic rings. The van der Waals surface area contributed by atoms with Crippen LogP contribution in [-0.4, -0.2) is 40.0 Å². The van der Waals surface area contributed by atoms with Crippen molar-refractivity contribution < 1.29 is 22.4 Å². The molecule has 142 valence electrons. The van der Waals surface area contributed by atoms with E-state index in [0.29, 0.717) is 17.6 Å². The van der Waals surface area contributed by atoms with E-state index in [-0.39, 0.29) is 18.4 Å². The number of piperidine rings is 1. The van der Waals surface area contributed by atoms with E-state index in [1.54, 1.807) is 0 Å². The summed E-state index contributed by atoms with van der Waals surface area (Å²) in [6.07, 6.45) is -3.47. The van der Waals surface area contributed by atoms with E-state index in [1.165, 1.54) is 12.1 Å². The summed E-state index contributed by atoms with van der Waals surface area (Å²) in [6, 6.07) is 4.55. The third-order valence-electron chi connectivity index (χ3n) is 3.87. The average molecular weight is 394 g/mol.